The zero-order chi connectivity index (χ0) is 22.4. The molecule has 0 aliphatic rings. The van der Waals surface area contributed by atoms with E-state index < -0.39 is 18.8 Å². The molecule has 13 heteroatoms. The number of halogens is 4. The molecule has 0 atom stereocenters. The lowest BCUT2D eigenvalue weighted by Crippen LogP contribution is -2.19. The molecule has 0 amide bonds. The van der Waals surface area contributed by atoms with Gasteiger partial charge in [0.25, 0.3) is 0 Å². The van der Waals surface area contributed by atoms with Crippen LogP contribution in [0.15, 0.2) is 42.6 Å². The highest BCUT2D eigenvalue weighted by Gasteiger charge is 2.28. The van der Waals surface area contributed by atoms with Gasteiger partial charge >= 0.3 is 12.1 Å². The number of pyridine rings is 1. The Morgan fingerprint density at radius 2 is 1.84 bits per heavy atom. The highest BCUT2D eigenvalue weighted by Crippen LogP contribution is 2.18. The van der Waals surface area contributed by atoms with Crippen LogP contribution >= 0.6 is 11.6 Å². The second-order valence-corrected chi connectivity index (χ2v) is 6.37. The number of rotatable bonds is 7. The van der Waals surface area contributed by atoms with Gasteiger partial charge in [0.05, 0.1) is 5.56 Å². The van der Waals surface area contributed by atoms with E-state index in [-0.39, 0.29) is 35.8 Å². The maximum absolute atomic E-state index is 12.1. The molecule has 0 fully saturated rings. The molecule has 0 unspecified atom stereocenters. The molecule has 0 spiro atoms. The van der Waals surface area contributed by atoms with Gasteiger partial charge in [0.1, 0.15) is 0 Å². The Hall–Kier alpha value is -3.67. The van der Waals surface area contributed by atoms with Crippen molar-refractivity contribution in [1.29, 1.82) is 0 Å². The number of anilines is 3. The predicted molar refractivity (Wildman–Crippen MR) is 104 cm³/mol. The molecule has 0 bridgehead atoms. The Bertz CT molecular complexity index is 1050. The van der Waals surface area contributed by atoms with Crippen LogP contribution in [-0.4, -0.2) is 38.7 Å². The van der Waals surface area contributed by atoms with Gasteiger partial charge in [0.2, 0.25) is 17.8 Å². The number of alkyl halides is 3. The fourth-order valence-corrected chi connectivity index (χ4v) is 2.30. The van der Waals surface area contributed by atoms with Gasteiger partial charge in [-0.1, -0.05) is 11.6 Å². The van der Waals surface area contributed by atoms with Crippen molar-refractivity contribution in [2.75, 3.05) is 17.7 Å². The molecule has 0 aliphatic carbocycles. The van der Waals surface area contributed by atoms with Crippen LogP contribution in [0.4, 0.5) is 30.8 Å². The zero-order valence-electron chi connectivity index (χ0n) is 15.6. The Labute approximate surface area is 178 Å². The molecule has 0 aliphatic heterocycles. The number of esters is 1. The number of carbonyl (C=O) groups excluding carboxylic acids is 1. The molecule has 0 radical (unpaired) electrons. The fraction of sp³-hybridized carbons (Fsp3) is 0.167. The largest absolute Gasteiger partial charge is 0.468 e. The van der Waals surface area contributed by atoms with Crippen molar-refractivity contribution in [2.24, 2.45) is 0 Å². The molecule has 3 aromatic rings. The smallest absolute Gasteiger partial charge is 0.422 e. The van der Waals surface area contributed by atoms with Gasteiger partial charge < -0.3 is 20.5 Å². The van der Waals surface area contributed by atoms with E-state index >= 15 is 0 Å². The quantitative estimate of drug-likeness (QED) is 0.515. The highest BCUT2D eigenvalue weighted by molar-refractivity contribution is 6.30. The molecule has 0 saturated heterocycles. The van der Waals surface area contributed by atoms with Gasteiger partial charge in [-0.05, 0) is 30.3 Å². The third-order valence-electron chi connectivity index (χ3n) is 3.49. The van der Waals surface area contributed by atoms with Gasteiger partial charge in [-0.3, -0.25) is 0 Å². The number of carbonyl (C=O) groups is 1. The third kappa shape index (κ3) is 6.96. The lowest BCUT2D eigenvalue weighted by Gasteiger charge is -2.09. The van der Waals surface area contributed by atoms with E-state index in [4.69, 9.17) is 22.1 Å². The number of nitrogens with one attached hydrogen (secondary N) is 1. The number of hydrogen-bond acceptors (Lipinski definition) is 9. The number of nitrogen functional groups attached to an aromatic ring is 1. The van der Waals surface area contributed by atoms with Crippen molar-refractivity contribution in [3.8, 4) is 5.88 Å². The summed E-state index contributed by atoms with van der Waals surface area (Å²) in [5, 5.41) is 3.47. The minimum Gasteiger partial charge on any atom is -0.468 e. The number of aromatic nitrogens is 4. The predicted octanol–water partition coefficient (Wildman–Crippen LogP) is 3.54. The van der Waals surface area contributed by atoms with Crippen LogP contribution in [0.3, 0.4) is 0 Å². The molecule has 2 heterocycles. The lowest BCUT2D eigenvalue weighted by atomic mass is 10.3. The van der Waals surface area contributed by atoms with E-state index in [1.165, 1.54) is 6.07 Å². The normalized spacial score (nSPS) is 11.1. The summed E-state index contributed by atoms with van der Waals surface area (Å²) in [5.41, 5.74) is 6.31. The Morgan fingerprint density at radius 1 is 1.10 bits per heavy atom. The summed E-state index contributed by atoms with van der Waals surface area (Å²) in [5.74, 6) is -0.951. The van der Waals surface area contributed by atoms with Crippen molar-refractivity contribution in [1.82, 2.24) is 19.9 Å². The Kier molecular flexibility index (Phi) is 6.70. The van der Waals surface area contributed by atoms with Crippen LogP contribution in [0.1, 0.15) is 16.2 Å². The number of nitrogens with two attached hydrogens (primary N) is 1. The first-order chi connectivity index (χ1) is 14.7. The topological polar surface area (TPSA) is 125 Å². The summed E-state index contributed by atoms with van der Waals surface area (Å²) < 4.78 is 46.0. The molecule has 162 valence electrons. The van der Waals surface area contributed by atoms with Crippen molar-refractivity contribution in [3.05, 3.63) is 59.0 Å². The molecule has 0 saturated carbocycles. The van der Waals surface area contributed by atoms with Gasteiger partial charge in [-0.15, -0.1) is 0 Å². The monoisotopic (exact) mass is 454 g/mol. The third-order valence-corrected chi connectivity index (χ3v) is 3.74. The summed E-state index contributed by atoms with van der Waals surface area (Å²) >= 11 is 5.83. The van der Waals surface area contributed by atoms with Crippen LogP contribution < -0.4 is 15.8 Å². The molecule has 2 aromatic heterocycles. The summed E-state index contributed by atoms with van der Waals surface area (Å²) in [4.78, 5) is 27.7. The minimum atomic E-state index is -4.49. The maximum atomic E-state index is 12.1. The summed E-state index contributed by atoms with van der Waals surface area (Å²) in [7, 11) is 0. The molecule has 31 heavy (non-hydrogen) atoms. The summed E-state index contributed by atoms with van der Waals surface area (Å²) in [6, 6.07) is 9.09. The second-order valence-electron chi connectivity index (χ2n) is 5.93. The number of nitrogens with zero attached hydrogens (tertiary/aromatic N) is 4. The first-order valence-electron chi connectivity index (χ1n) is 8.54. The van der Waals surface area contributed by atoms with Crippen molar-refractivity contribution in [3.63, 3.8) is 0 Å². The van der Waals surface area contributed by atoms with Gasteiger partial charge in [0, 0.05) is 23.0 Å². The van der Waals surface area contributed by atoms with Crippen molar-refractivity contribution in [2.45, 2.75) is 12.8 Å². The average Bonchev–Trinajstić information content (AvgIpc) is 2.72. The van der Waals surface area contributed by atoms with Crippen LogP contribution in [-0.2, 0) is 11.3 Å². The Balaban J connectivity index is 1.59. The second kappa shape index (κ2) is 9.43. The van der Waals surface area contributed by atoms with Gasteiger partial charge in [0.15, 0.2) is 19.0 Å². The van der Waals surface area contributed by atoms with Crippen molar-refractivity contribution < 1.29 is 27.4 Å². The van der Waals surface area contributed by atoms with Gasteiger partial charge in [-0.2, -0.15) is 28.1 Å². The molecule has 3 N–H and O–H groups in total. The average molecular weight is 455 g/mol. The lowest BCUT2D eigenvalue weighted by molar-refractivity contribution is -0.154. The highest BCUT2D eigenvalue weighted by atomic mass is 35.5. The fourth-order valence-electron chi connectivity index (χ4n) is 2.18. The van der Waals surface area contributed by atoms with Gasteiger partial charge in [-0.25, -0.2) is 9.78 Å². The molecule has 3 rings (SSSR count). The van der Waals surface area contributed by atoms with E-state index in [1.807, 2.05) is 0 Å². The van der Waals surface area contributed by atoms with Crippen LogP contribution in [0, 0.1) is 0 Å². The van der Waals surface area contributed by atoms with E-state index in [2.05, 4.69) is 30.0 Å². The Morgan fingerprint density at radius 3 is 2.48 bits per heavy atom. The van der Waals surface area contributed by atoms with E-state index in [0.29, 0.717) is 10.7 Å². The SMILES string of the molecule is Nc1nc(COC(=O)c2ccc(OCC(F)(F)F)nc2)nc(Nc2ccc(Cl)cc2)n1. The standard InChI is InChI=1S/C18H14ClF3N6O3/c19-11-2-4-12(5-3-11)25-17-27-13(26-16(23)28-17)8-30-15(29)10-1-6-14(24-7-10)31-9-18(20,21)22/h1-7H,8-9H2,(H3,23,25,26,27,28). The molecule has 9 nitrogen and oxygen atoms in total. The van der Waals surface area contributed by atoms with E-state index in [9.17, 15) is 18.0 Å². The van der Waals surface area contributed by atoms with Crippen LogP contribution in [0.25, 0.3) is 0 Å². The number of ether oxygens (including phenoxy) is 2. The summed E-state index contributed by atoms with van der Waals surface area (Å²) in [6.45, 7) is -1.82. The van der Waals surface area contributed by atoms with E-state index in [0.717, 1.165) is 12.3 Å². The van der Waals surface area contributed by atoms with Crippen molar-refractivity contribution >= 4 is 35.2 Å². The zero-order valence-corrected chi connectivity index (χ0v) is 16.3. The molecular formula is C18H14ClF3N6O3. The van der Waals surface area contributed by atoms with Crippen LogP contribution in [0.2, 0.25) is 5.02 Å². The summed E-state index contributed by atoms with van der Waals surface area (Å²) in [6.07, 6.45) is -3.46. The minimum absolute atomic E-state index is 0.000833. The first kappa shape index (κ1) is 22.0. The number of benzene rings is 1. The van der Waals surface area contributed by atoms with E-state index in [1.54, 1.807) is 24.3 Å². The first-order valence-corrected chi connectivity index (χ1v) is 8.91. The number of hydrogen-bond donors (Lipinski definition) is 2. The molecular weight excluding hydrogens is 441 g/mol. The molecule has 1 aromatic carbocycles. The van der Waals surface area contributed by atoms with Crippen LogP contribution in [0.5, 0.6) is 5.88 Å². The maximum Gasteiger partial charge on any atom is 0.422 e.